The molecular weight excluding hydrogens is 336 g/mol. The summed E-state index contributed by atoms with van der Waals surface area (Å²) < 4.78 is 1.64. The lowest BCUT2D eigenvalue weighted by atomic mass is 9.92. The van der Waals surface area contributed by atoms with Crippen LogP contribution in [0.25, 0.3) is 10.9 Å². The number of nitrogens with zero attached hydrogens (tertiary/aromatic N) is 4. The highest BCUT2D eigenvalue weighted by atomic mass is 16.1. The number of aryl methyl sites for hydroxylation is 1. The number of pyridine rings is 1. The minimum atomic E-state index is -0.0609. The fourth-order valence-corrected chi connectivity index (χ4v) is 3.65. The zero-order chi connectivity index (χ0) is 19.2. The third-order valence-corrected chi connectivity index (χ3v) is 5.19. The first kappa shape index (κ1) is 17.7. The Morgan fingerprint density at radius 3 is 2.59 bits per heavy atom. The van der Waals surface area contributed by atoms with Gasteiger partial charge in [0.1, 0.15) is 0 Å². The lowest BCUT2D eigenvalue weighted by molar-refractivity contribution is 0.330. The van der Waals surface area contributed by atoms with Gasteiger partial charge in [-0.2, -0.15) is 5.10 Å². The summed E-state index contributed by atoms with van der Waals surface area (Å²) >= 11 is 0. The second-order valence-corrected chi connectivity index (χ2v) is 8.56. The molecule has 1 aliphatic heterocycles. The summed E-state index contributed by atoms with van der Waals surface area (Å²) in [7, 11) is 0. The van der Waals surface area contributed by atoms with Crippen molar-refractivity contribution in [3.8, 4) is 0 Å². The molecule has 0 unspecified atom stereocenters. The Kier molecular flexibility index (Phi) is 4.25. The lowest BCUT2D eigenvalue weighted by Gasteiger charge is -2.41. The van der Waals surface area contributed by atoms with Crippen molar-refractivity contribution in [2.75, 3.05) is 18.0 Å². The maximum Gasteiger partial charge on any atom is 0.266 e. The van der Waals surface area contributed by atoms with Crippen LogP contribution in [0.3, 0.4) is 0 Å². The topological polar surface area (TPSA) is 51.0 Å². The second-order valence-electron chi connectivity index (χ2n) is 8.56. The number of rotatable bonds is 3. The Bertz CT molecular complexity index is 1040. The van der Waals surface area contributed by atoms with E-state index in [1.54, 1.807) is 10.7 Å². The molecule has 1 fully saturated rings. The number of aromatic nitrogens is 3. The standard InChI is InChI=1S/C22H26N4O/c1-15-11-19(17-7-5-6-8-18(17)23-15)25-12-16(13-25)14-26-21(27)10-9-20(24-26)22(2,3)4/h5-11,16H,12-14H2,1-4H3. The fraction of sp³-hybridized carbons (Fsp3) is 0.409. The zero-order valence-electron chi connectivity index (χ0n) is 16.4. The SMILES string of the molecule is Cc1cc(N2CC(Cn3nc(C(C)(C)C)ccc3=O)C2)c2ccccc2n1. The second kappa shape index (κ2) is 6.48. The Hall–Kier alpha value is -2.69. The van der Waals surface area contributed by atoms with Crippen LogP contribution in [-0.2, 0) is 12.0 Å². The minimum absolute atomic E-state index is 0.0216. The van der Waals surface area contributed by atoms with Crippen molar-refractivity contribution in [1.29, 1.82) is 0 Å². The van der Waals surface area contributed by atoms with Crippen LogP contribution >= 0.6 is 0 Å². The molecule has 5 nitrogen and oxygen atoms in total. The molecule has 3 aromatic rings. The average Bonchev–Trinajstić information content (AvgIpc) is 2.57. The Morgan fingerprint density at radius 2 is 1.85 bits per heavy atom. The van der Waals surface area contributed by atoms with Gasteiger partial charge in [0, 0.05) is 47.3 Å². The smallest absolute Gasteiger partial charge is 0.266 e. The highest BCUT2D eigenvalue weighted by Gasteiger charge is 2.29. The molecule has 0 spiro atoms. The van der Waals surface area contributed by atoms with Crippen LogP contribution in [0.5, 0.6) is 0 Å². The van der Waals surface area contributed by atoms with Crippen molar-refractivity contribution in [3.05, 3.63) is 64.2 Å². The number of anilines is 1. The summed E-state index contributed by atoms with van der Waals surface area (Å²) in [6, 6.07) is 13.9. The van der Waals surface area contributed by atoms with Gasteiger partial charge >= 0.3 is 0 Å². The van der Waals surface area contributed by atoms with Crippen molar-refractivity contribution in [2.45, 2.75) is 39.7 Å². The lowest BCUT2D eigenvalue weighted by Crippen LogP contribution is -2.50. The van der Waals surface area contributed by atoms with Gasteiger partial charge in [0.25, 0.3) is 5.56 Å². The molecule has 1 saturated heterocycles. The van der Waals surface area contributed by atoms with Gasteiger partial charge in [-0.05, 0) is 25.1 Å². The van der Waals surface area contributed by atoms with E-state index in [0.29, 0.717) is 12.5 Å². The number of para-hydroxylation sites is 1. The zero-order valence-corrected chi connectivity index (χ0v) is 16.4. The van der Waals surface area contributed by atoms with E-state index >= 15 is 0 Å². The van der Waals surface area contributed by atoms with E-state index in [9.17, 15) is 4.79 Å². The highest BCUT2D eigenvalue weighted by Crippen LogP contribution is 2.32. The van der Waals surface area contributed by atoms with Gasteiger partial charge in [-0.25, -0.2) is 4.68 Å². The van der Waals surface area contributed by atoms with Crippen LogP contribution in [0.2, 0.25) is 0 Å². The van der Waals surface area contributed by atoms with Gasteiger partial charge < -0.3 is 4.90 Å². The third-order valence-electron chi connectivity index (χ3n) is 5.19. The van der Waals surface area contributed by atoms with Crippen molar-refractivity contribution in [3.63, 3.8) is 0 Å². The molecule has 140 valence electrons. The molecule has 0 amide bonds. The molecular formula is C22H26N4O. The summed E-state index contributed by atoms with van der Waals surface area (Å²) in [4.78, 5) is 19.2. The van der Waals surface area contributed by atoms with E-state index in [2.05, 4.69) is 60.0 Å². The minimum Gasteiger partial charge on any atom is -0.370 e. The molecule has 0 N–H and O–H groups in total. The molecule has 0 atom stereocenters. The van der Waals surface area contributed by atoms with Crippen molar-refractivity contribution >= 4 is 16.6 Å². The van der Waals surface area contributed by atoms with Gasteiger partial charge in [-0.15, -0.1) is 0 Å². The van der Waals surface area contributed by atoms with Gasteiger partial charge in [0.2, 0.25) is 0 Å². The van der Waals surface area contributed by atoms with Gasteiger partial charge in [-0.1, -0.05) is 39.0 Å². The highest BCUT2D eigenvalue weighted by molar-refractivity contribution is 5.92. The van der Waals surface area contributed by atoms with Crippen molar-refractivity contribution in [2.24, 2.45) is 5.92 Å². The first-order valence-corrected chi connectivity index (χ1v) is 9.51. The van der Waals surface area contributed by atoms with Crippen LogP contribution in [0.1, 0.15) is 32.2 Å². The average molecular weight is 362 g/mol. The van der Waals surface area contributed by atoms with Crippen molar-refractivity contribution in [1.82, 2.24) is 14.8 Å². The molecule has 4 rings (SSSR count). The largest absolute Gasteiger partial charge is 0.370 e. The fourth-order valence-electron chi connectivity index (χ4n) is 3.65. The van der Waals surface area contributed by atoms with Crippen molar-refractivity contribution < 1.29 is 0 Å². The van der Waals surface area contributed by atoms with E-state index < -0.39 is 0 Å². The van der Waals surface area contributed by atoms with E-state index in [0.717, 1.165) is 30.0 Å². The summed E-state index contributed by atoms with van der Waals surface area (Å²) in [5.41, 5.74) is 4.17. The van der Waals surface area contributed by atoms with Gasteiger partial charge in [0.05, 0.1) is 17.8 Å². The molecule has 3 heterocycles. The van der Waals surface area contributed by atoms with Gasteiger partial charge in [-0.3, -0.25) is 9.78 Å². The maximum absolute atomic E-state index is 12.2. The molecule has 1 aliphatic rings. The number of hydrogen-bond acceptors (Lipinski definition) is 4. The third kappa shape index (κ3) is 3.46. The van der Waals surface area contributed by atoms with Gasteiger partial charge in [0.15, 0.2) is 0 Å². The van der Waals surface area contributed by atoms with Crippen LogP contribution in [0, 0.1) is 12.8 Å². The first-order valence-electron chi connectivity index (χ1n) is 9.51. The predicted octanol–water partition coefficient (Wildman–Crippen LogP) is 3.53. The molecule has 27 heavy (non-hydrogen) atoms. The van der Waals surface area contributed by atoms with E-state index in [1.165, 1.54) is 11.1 Å². The number of hydrogen-bond donors (Lipinski definition) is 0. The molecule has 0 saturated carbocycles. The summed E-state index contributed by atoms with van der Waals surface area (Å²) in [5, 5.41) is 5.79. The molecule has 5 heteroatoms. The molecule has 0 bridgehead atoms. The van der Waals surface area contributed by atoms with E-state index in [4.69, 9.17) is 0 Å². The number of benzene rings is 1. The quantitative estimate of drug-likeness (QED) is 0.715. The molecule has 1 aromatic carbocycles. The molecule has 2 aromatic heterocycles. The maximum atomic E-state index is 12.2. The van der Waals surface area contributed by atoms with Crippen LogP contribution in [0.15, 0.2) is 47.3 Å². The number of fused-ring (bicyclic) bond motifs is 1. The van der Waals surface area contributed by atoms with Crippen LogP contribution in [-0.4, -0.2) is 27.9 Å². The predicted molar refractivity (Wildman–Crippen MR) is 109 cm³/mol. The normalized spacial score (nSPS) is 15.2. The van der Waals surface area contributed by atoms with E-state index in [1.807, 2.05) is 19.1 Å². The first-order chi connectivity index (χ1) is 12.8. The van der Waals surface area contributed by atoms with E-state index in [-0.39, 0.29) is 11.0 Å². The summed E-state index contributed by atoms with van der Waals surface area (Å²) in [5.74, 6) is 0.428. The van der Waals surface area contributed by atoms with Crippen LogP contribution in [0.4, 0.5) is 5.69 Å². The summed E-state index contributed by atoms with van der Waals surface area (Å²) in [6.07, 6.45) is 0. The molecule has 0 aliphatic carbocycles. The summed E-state index contributed by atoms with van der Waals surface area (Å²) in [6.45, 7) is 10.9. The van der Waals surface area contributed by atoms with Crippen LogP contribution < -0.4 is 10.5 Å². The Labute approximate surface area is 159 Å². The Balaban J connectivity index is 1.52. The Morgan fingerprint density at radius 1 is 1.11 bits per heavy atom. The molecule has 0 radical (unpaired) electrons. The monoisotopic (exact) mass is 362 g/mol.